The van der Waals surface area contributed by atoms with E-state index in [9.17, 15) is 0 Å². The van der Waals surface area contributed by atoms with Gasteiger partial charge in [-0.05, 0) is 17.9 Å². The van der Waals surface area contributed by atoms with Gasteiger partial charge in [0, 0.05) is 10.8 Å². The van der Waals surface area contributed by atoms with E-state index >= 15 is 0 Å². The van der Waals surface area contributed by atoms with Gasteiger partial charge < -0.3 is 0 Å². The molecule has 1 atom stereocenters. The molecule has 0 saturated heterocycles. The first kappa shape index (κ1) is 6.86. The highest BCUT2D eigenvalue weighted by Crippen LogP contribution is 2.27. The van der Waals surface area contributed by atoms with Crippen LogP contribution in [0.25, 0.3) is 0 Å². The highest BCUT2D eigenvalue weighted by atomic mass is 32.1. The van der Waals surface area contributed by atoms with E-state index in [0.29, 0.717) is 5.92 Å². The second-order valence-electron chi connectivity index (χ2n) is 2.67. The summed E-state index contributed by atoms with van der Waals surface area (Å²) in [4.78, 5) is 1.48. The van der Waals surface area contributed by atoms with Gasteiger partial charge in [-0.15, -0.1) is 11.3 Å². The lowest BCUT2D eigenvalue weighted by molar-refractivity contribution is 0.873. The molecule has 0 bridgehead atoms. The van der Waals surface area contributed by atoms with E-state index in [4.69, 9.17) is 0 Å². The van der Waals surface area contributed by atoms with Crippen molar-refractivity contribution >= 4 is 11.3 Å². The largest absolute Gasteiger partial charge is 0.148 e. The monoisotopic (exact) mass is 162 g/mol. The molecule has 0 amide bonds. The van der Waals surface area contributed by atoms with E-state index in [1.54, 1.807) is 0 Å². The maximum atomic E-state index is 2.27. The maximum absolute atomic E-state index is 2.27. The lowest BCUT2D eigenvalue weighted by atomic mass is 9.99. The van der Waals surface area contributed by atoms with E-state index in [0.717, 1.165) is 6.42 Å². The molecule has 0 saturated carbocycles. The molecule has 1 unspecified atom stereocenters. The normalized spacial score (nSPS) is 22.4. The summed E-state index contributed by atoms with van der Waals surface area (Å²) in [5.74, 6) is 0.639. The Morgan fingerprint density at radius 3 is 3.00 bits per heavy atom. The third-order valence-corrected chi connectivity index (χ3v) is 2.89. The highest BCUT2D eigenvalue weighted by molar-refractivity contribution is 7.10. The Kier molecular flexibility index (Phi) is 1.91. The second-order valence-corrected chi connectivity index (χ2v) is 3.65. The Labute approximate surface area is 70.9 Å². The van der Waals surface area contributed by atoms with Crippen molar-refractivity contribution in [1.29, 1.82) is 0 Å². The van der Waals surface area contributed by atoms with E-state index in [1.807, 2.05) is 11.3 Å². The fourth-order valence-electron chi connectivity index (χ4n) is 1.29. The van der Waals surface area contributed by atoms with Crippen LogP contribution >= 0.6 is 11.3 Å². The minimum atomic E-state index is 0.639. The predicted octanol–water partition coefficient (Wildman–Crippen LogP) is 3.35. The molecule has 1 aromatic rings. The molecule has 1 heterocycles. The summed E-state index contributed by atoms with van der Waals surface area (Å²) in [6.45, 7) is 0. The number of hydrogen-bond donors (Lipinski definition) is 0. The molecule has 0 aliphatic heterocycles. The van der Waals surface area contributed by atoms with Crippen LogP contribution in [-0.2, 0) is 0 Å². The van der Waals surface area contributed by atoms with Gasteiger partial charge >= 0.3 is 0 Å². The van der Waals surface area contributed by atoms with Gasteiger partial charge in [-0.25, -0.2) is 0 Å². The summed E-state index contributed by atoms with van der Waals surface area (Å²) >= 11 is 1.84. The molecule has 1 heteroatoms. The predicted molar refractivity (Wildman–Crippen MR) is 50.0 cm³/mol. The molecule has 0 aromatic carbocycles. The second kappa shape index (κ2) is 3.05. The van der Waals surface area contributed by atoms with Gasteiger partial charge in [0.15, 0.2) is 0 Å². The summed E-state index contributed by atoms with van der Waals surface area (Å²) in [5, 5.41) is 2.14. The van der Waals surface area contributed by atoms with Crippen LogP contribution in [0.4, 0.5) is 0 Å². The molecular formula is C10H10S. The lowest BCUT2D eigenvalue weighted by Gasteiger charge is -2.09. The molecule has 1 aliphatic rings. The Balaban J connectivity index is 2.19. The van der Waals surface area contributed by atoms with Crippen molar-refractivity contribution < 1.29 is 0 Å². The Morgan fingerprint density at radius 1 is 1.36 bits per heavy atom. The summed E-state index contributed by atoms with van der Waals surface area (Å²) in [5.41, 5.74) is 0. The molecule has 0 fully saturated rings. The van der Waals surface area contributed by atoms with E-state index < -0.39 is 0 Å². The molecule has 0 radical (unpaired) electrons. The Morgan fingerprint density at radius 2 is 2.36 bits per heavy atom. The van der Waals surface area contributed by atoms with Gasteiger partial charge in [0.1, 0.15) is 0 Å². The van der Waals surface area contributed by atoms with Gasteiger partial charge in [0.2, 0.25) is 0 Å². The molecule has 0 spiro atoms. The van der Waals surface area contributed by atoms with E-state index in [-0.39, 0.29) is 0 Å². The first-order valence-electron chi connectivity index (χ1n) is 3.83. The third-order valence-electron chi connectivity index (χ3n) is 1.89. The summed E-state index contributed by atoms with van der Waals surface area (Å²) < 4.78 is 0. The van der Waals surface area contributed by atoms with Crippen molar-refractivity contribution in [2.75, 3.05) is 0 Å². The minimum absolute atomic E-state index is 0.639. The number of thiophene rings is 1. The molecule has 11 heavy (non-hydrogen) atoms. The van der Waals surface area contributed by atoms with E-state index in [1.165, 1.54) is 4.88 Å². The van der Waals surface area contributed by atoms with Gasteiger partial charge in [-0.2, -0.15) is 0 Å². The summed E-state index contributed by atoms with van der Waals surface area (Å²) in [6.07, 6.45) is 9.91. The van der Waals surface area contributed by atoms with Crippen LogP contribution in [0.2, 0.25) is 0 Å². The molecular weight excluding hydrogens is 152 g/mol. The van der Waals surface area contributed by atoms with Gasteiger partial charge in [0.05, 0.1) is 0 Å². The van der Waals surface area contributed by atoms with Crippen molar-refractivity contribution in [3.63, 3.8) is 0 Å². The van der Waals surface area contributed by atoms with Crippen molar-refractivity contribution in [3.05, 3.63) is 46.7 Å². The van der Waals surface area contributed by atoms with Crippen LogP contribution in [-0.4, -0.2) is 0 Å². The first-order valence-corrected chi connectivity index (χ1v) is 4.71. The first-order chi connectivity index (χ1) is 5.47. The molecule has 1 aromatic heterocycles. The maximum Gasteiger partial charge on any atom is 0.0150 e. The average molecular weight is 162 g/mol. The smallest absolute Gasteiger partial charge is 0.0150 e. The fourth-order valence-corrected chi connectivity index (χ4v) is 2.11. The van der Waals surface area contributed by atoms with Gasteiger partial charge in [-0.1, -0.05) is 30.4 Å². The molecule has 0 nitrogen and oxygen atoms in total. The zero-order chi connectivity index (χ0) is 7.52. The number of rotatable bonds is 1. The van der Waals surface area contributed by atoms with Crippen LogP contribution in [0, 0.1) is 0 Å². The van der Waals surface area contributed by atoms with Crippen LogP contribution < -0.4 is 0 Å². The van der Waals surface area contributed by atoms with Crippen molar-refractivity contribution in [2.45, 2.75) is 12.3 Å². The Hall–Kier alpha value is -0.820. The fraction of sp³-hybridized carbons (Fsp3) is 0.200. The average Bonchev–Trinajstić information content (AvgIpc) is 2.58. The van der Waals surface area contributed by atoms with E-state index in [2.05, 4.69) is 41.8 Å². The van der Waals surface area contributed by atoms with Crippen LogP contribution in [0.5, 0.6) is 0 Å². The lowest BCUT2D eigenvalue weighted by Crippen LogP contribution is -1.91. The van der Waals surface area contributed by atoms with Crippen molar-refractivity contribution in [1.82, 2.24) is 0 Å². The number of hydrogen-bond acceptors (Lipinski definition) is 1. The summed E-state index contributed by atoms with van der Waals surface area (Å²) in [7, 11) is 0. The minimum Gasteiger partial charge on any atom is -0.148 e. The SMILES string of the molecule is C1=CCC(c2cccs2)C=C1. The van der Waals surface area contributed by atoms with Gasteiger partial charge in [-0.3, -0.25) is 0 Å². The Bertz CT molecular complexity index is 267. The molecule has 56 valence electrons. The summed E-state index contributed by atoms with van der Waals surface area (Å²) in [6, 6.07) is 4.32. The van der Waals surface area contributed by atoms with Crippen LogP contribution in [0.1, 0.15) is 17.2 Å². The standard InChI is InChI=1S/C10H10S/c1-2-5-9(6-3-1)10-7-4-8-11-10/h1-5,7-9H,6H2. The van der Waals surface area contributed by atoms with Crippen LogP contribution in [0.3, 0.4) is 0 Å². The molecule has 1 aliphatic carbocycles. The van der Waals surface area contributed by atoms with Crippen molar-refractivity contribution in [2.24, 2.45) is 0 Å². The molecule has 2 rings (SSSR count). The molecule has 0 N–H and O–H groups in total. The third kappa shape index (κ3) is 1.43. The van der Waals surface area contributed by atoms with Crippen molar-refractivity contribution in [3.8, 4) is 0 Å². The number of allylic oxidation sites excluding steroid dienone is 4. The topological polar surface area (TPSA) is 0 Å². The quantitative estimate of drug-likeness (QED) is 0.594. The highest BCUT2D eigenvalue weighted by Gasteiger charge is 2.07. The van der Waals surface area contributed by atoms with Gasteiger partial charge in [0.25, 0.3) is 0 Å². The zero-order valence-corrected chi connectivity index (χ0v) is 7.05. The van der Waals surface area contributed by atoms with Crippen LogP contribution in [0.15, 0.2) is 41.8 Å². The zero-order valence-electron chi connectivity index (χ0n) is 6.23.